The van der Waals surface area contributed by atoms with Crippen molar-refractivity contribution in [3.8, 4) is 5.75 Å². The van der Waals surface area contributed by atoms with Gasteiger partial charge in [0.05, 0.1) is 11.9 Å². The lowest BCUT2D eigenvalue weighted by Crippen LogP contribution is -2.27. The minimum Gasteiger partial charge on any atom is -0.486 e. The van der Waals surface area contributed by atoms with Gasteiger partial charge in [0, 0.05) is 22.7 Å². The van der Waals surface area contributed by atoms with Gasteiger partial charge in [-0.1, -0.05) is 0 Å². The molecule has 28 heavy (non-hydrogen) atoms. The molecule has 2 heterocycles. The number of benzene rings is 1. The summed E-state index contributed by atoms with van der Waals surface area (Å²) in [5.74, 6) is -0.392. The molecule has 0 atom stereocenters. The van der Waals surface area contributed by atoms with Crippen LogP contribution in [-0.4, -0.2) is 32.3 Å². The van der Waals surface area contributed by atoms with Crippen molar-refractivity contribution < 1.29 is 24.2 Å². The van der Waals surface area contributed by atoms with Crippen molar-refractivity contribution in [3.05, 3.63) is 46.0 Å². The highest BCUT2D eigenvalue weighted by atomic mass is 32.1. The third-order valence-electron chi connectivity index (χ3n) is 4.06. The standard InChI is InChI=1S/C20H22N2O5S/c1-12-14(10-18(23)24)15-9-13(26-11-17-21-7-8-28-17)5-6-16(15)22(12)19(25)27-20(2,3)4/h5-9H,10-11H2,1-4H3,(H,23,24). The van der Waals surface area contributed by atoms with E-state index in [1.54, 1.807) is 52.1 Å². The number of ether oxygens (including phenoxy) is 2. The van der Waals surface area contributed by atoms with E-state index < -0.39 is 17.7 Å². The van der Waals surface area contributed by atoms with Gasteiger partial charge < -0.3 is 14.6 Å². The van der Waals surface area contributed by atoms with Crippen LogP contribution in [0.5, 0.6) is 5.75 Å². The van der Waals surface area contributed by atoms with Crippen LogP contribution in [0.3, 0.4) is 0 Å². The van der Waals surface area contributed by atoms with Crippen LogP contribution < -0.4 is 4.74 Å². The molecule has 1 aromatic carbocycles. The largest absolute Gasteiger partial charge is 0.486 e. The fraction of sp³-hybridized carbons (Fsp3) is 0.350. The maximum Gasteiger partial charge on any atom is 0.419 e. The quantitative estimate of drug-likeness (QED) is 0.680. The van der Waals surface area contributed by atoms with Crippen LogP contribution in [0.15, 0.2) is 29.8 Å². The third-order valence-corrected chi connectivity index (χ3v) is 4.81. The molecular weight excluding hydrogens is 380 g/mol. The summed E-state index contributed by atoms with van der Waals surface area (Å²) in [5.41, 5.74) is 1.03. The van der Waals surface area contributed by atoms with Crippen LogP contribution in [-0.2, 0) is 22.6 Å². The summed E-state index contributed by atoms with van der Waals surface area (Å²) in [5, 5.41) is 12.7. The predicted octanol–water partition coefficient (Wildman–Crippen LogP) is 4.40. The first-order valence-corrected chi connectivity index (χ1v) is 9.64. The van der Waals surface area contributed by atoms with Gasteiger partial charge in [-0.2, -0.15) is 0 Å². The molecule has 2 aromatic heterocycles. The SMILES string of the molecule is Cc1c(CC(=O)O)c2cc(OCc3nccs3)ccc2n1C(=O)OC(C)(C)C. The number of aromatic nitrogens is 2. The maximum atomic E-state index is 12.7. The number of thiazole rings is 1. The number of hydrogen-bond acceptors (Lipinski definition) is 6. The lowest BCUT2D eigenvalue weighted by molar-refractivity contribution is -0.136. The van der Waals surface area contributed by atoms with Crippen molar-refractivity contribution >= 4 is 34.3 Å². The number of aliphatic carboxylic acids is 1. The average molecular weight is 402 g/mol. The van der Waals surface area contributed by atoms with E-state index in [9.17, 15) is 14.7 Å². The van der Waals surface area contributed by atoms with E-state index in [0.29, 0.717) is 34.5 Å². The highest BCUT2D eigenvalue weighted by molar-refractivity contribution is 7.09. The van der Waals surface area contributed by atoms with E-state index in [1.165, 1.54) is 15.9 Å². The van der Waals surface area contributed by atoms with Gasteiger partial charge in [-0.25, -0.2) is 14.3 Å². The Hall–Kier alpha value is -2.87. The molecule has 8 heteroatoms. The predicted molar refractivity (Wildman–Crippen MR) is 106 cm³/mol. The van der Waals surface area contributed by atoms with Gasteiger partial charge >= 0.3 is 12.1 Å². The molecule has 0 unspecified atom stereocenters. The molecule has 0 amide bonds. The number of rotatable bonds is 5. The smallest absolute Gasteiger partial charge is 0.419 e. The Balaban J connectivity index is 2.02. The molecular formula is C20H22N2O5S. The van der Waals surface area contributed by atoms with Crippen LogP contribution >= 0.6 is 11.3 Å². The molecule has 0 aliphatic heterocycles. The van der Waals surface area contributed by atoms with Gasteiger partial charge in [0.15, 0.2) is 0 Å². The third kappa shape index (κ3) is 4.33. The van der Waals surface area contributed by atoms with Crippen LogP contribution in [0.2, 0.25) is 0 Å². The van der Waals surface area contributed by atoms with Crippen LogP contribution in [0.1, 0.15) is 37.0 Å². The number of carbonyl (C=O) groups excluding carboxylic acids is 1. The molecule has 1 N–H and O–H groups in total. The summed E-state index contributed by atoms with van der Waals surface area (Å²) in [6, 6.07) is 5.25. The van der Waals surface area contributed by atoms with E-state index in [0.717, 1.165) is 5.01 Å². The van der Waals surface area contributed by atoms with Gasteiger partial charge in [-0.05, 0) is 51.5 Å². The molecule has 7 nitrogen and oxygen atoms in total. The second-order valence-corrected chi connectivity index (χ2v) is 8.32. The Bertz CT molecular complexity index is 1020. The number of fused-ring (bicyclic) bond motifs is 1. The number of carboxylic acid groups (broad SMARTS) is 1. The molecule has 0 radical (unpaired) electrons. The zero-order valence-corrected chi connectivity index (χ0v) is 17.0. The maximum absolute atomic E-state index is 12.7. The Morgan fingerprint density at radius 2 is 2.04 bits per heavy atom. The van der Waals surface area contributed by atoms with Crippen molar-refractivity contribution in [3.63, 3.8) is 0 Å². The topological polar surface area (TPSA) is 90.6 Å². The molecule has 0 bridgehead atoms. The van der Waals surface area contributed by atoms with E-state index in [-0.39, 0.29) is 6.42 Å². The monoisotopic (exact) mass is 402 g/mol. The molecule has 3 aromatic rings. The summed E-state index contributed by atoms with van der Waals surface area (Å²) in [6.45, 7) is 7.40. The van der Waals surface area contributed by atoms with Crippen molar-refractivity contribution in [1.82, 2.24) is 9.55 Å². The second-order valence-electron chi connectivity index (χ2n) is 7.34. The van der Waals surface area contributed by atoms with Gasteiger partial charge in [0.2, 0.25) is 0 Å². The first kappa shape index (κ1) is 19.9. The molecule has 3 rings (SSSR count). The summed E-state index contributed by atoms with van der Waals surface area (Å²) in [6.07, 6.45) is 0.971. The van der Waals surface area contributed by atoms with Crippen molar-refractivity contribution in [2.45, 2.75) is 46.3 Å². The van der Waals surface area contributed by atoms with Gasteiger partial charge in [-0.3, -0.25) is 4.79 Å². The fourth-order valence-electron chi connectivity index (χ4n) is 2.94. The summed E-state index contributed by atoms with van der Waals surface area (Å²) in [4.78, 5) is 28.3. The fourth-order valence-corrected chi connectivity index (χ4v) is 3.47. The van der Waals surface area contributed by atoms with E-state index >= 15 is 0 Å². The minimum absolute atomic E-state index is 0.200. The van der Waals surface area contributed by atoms with Gasteiger partial charge in [-0.15, -0.1) is 11.3 Å². The summed E-state index contributed by atoms with van der Waals surface area (Å²) < 4.78 is 12.7. The average Bonchev–Trinajstić information content (AvgIpc) is 3.18. The zero-order chi connectivity index (χ0) is 20.5. The first-order chi connectivity index (χ1) is 13.2. The number of nitrogens with zero attached hydrogens (tertiary/aromatic N) is 2. The number of carbonyl (C=O) groups is 2. The Kier molecular flexibility index (Phi) is 5.42. The van der Waals surface area contributed by atoms with Crippen LogP contribution in [0, 0.1) is 6.92 Å². The minimum atomic E-state index is -0.972. The highest BCUT2D eigenvalue weighted by Gasteiger charge is 2.25. The zero-order valence-electron chi connectivity index (χ0n) is 16.2. The van der Waals surface area contributed by atoms with Crippen molar-refractivity contribution in [2.75, 3.05) is 0 Å². The van der Waals surface area contributed by atoms with Crippen molar-refractivity contribution in [2.24, 2.45) is 0 Å². The number of hydrogen-bond donors (Lipinski definition) is 1. The van der Waals surface area contributed by atoms with Crippen molar-refractivity contribution in [1.29, 1.82) is 0 Å². The first-order valence-electron chi connectivity index (χ1n) is 8.76. The summed E-state index contributed by atoms with van der Waals surface area (Å²) in [7, 11) is 0. The molecule has 0 aliphatic rings. The lowest BCUT2D eigenvalue weighted by Gasteiger charge is -2.20. The molecule has 0 saturated heterocycles. The molecule has 0 fully saturated rings. The van der Waals surface area contributed by atoms with Gasteiger partial charge in [0.25, 0.3) is 0 Å². The van der Waals surface area contributed by atoms with Crippen LogP contribution in [0.25, 0.3) is 10.9 Å². The Morgan fingerprint density at radius 1 is 1.29 bits per heavy atom. The molecule has 0 aliphatic carbocycles. The van der Waals surface area contributed by atoms with Crippen LogP contribution in [0.4, 0.5) is 4.79 Å². The van der Waals surface area contributed by atoms with E-state index in [4.69, 9.17) is 9.47 Å². The Labute approximate surface area is 166 Å². The normalized spacial score (nSPS) is 11.6. The lowest BCUT2D eigenvalue weighted by atomic mass is 10.1. The van der Waals surface area contributed by atoms with E-state index in [2.05, 4.69) is 4.98 Å². The number of carboxylic acids is 1. The second kappa shape index (κ2) is 7.63. The Morgan fingerprint density at radius 3 is 2.64 bits per heavy atom. The highest BCUT2D eigenvalue weighted by Crippen LogP contribution is 2.31. The van der Waals surface area contributed by atoms with E-state index in [1.807, 2.05) is 5.38 Å². The van der Waals surface area contributed by atoms with Gasteiger partial charge in [0.1, 0.15) is 23.0 Å². The summed E-state index contributed by atoms with van der Waals surface area (Å²) >= 11 is 1.49. The molecule has 0 saturated carbocycles. The molecule has 0 spiro atoms. The molecule has 148 valence electrons.